The maximum absolute atomic E-state index is 5.83. The van der Waals surface area contributed by atoms with E-state index in [9.17, 15) is 0 Å². The standard InChI is InChI=1S/C16H21N3O/c1-19(11-14-8-5-9-17-14)12-16-18-10-15(20-16)13-6-3-2-4-7-13/h2-4,6-7,10,14,17H,5,8-9,11-12H2,1H3. The predicted octanol–water partition coefficient (Wildman–Crippen LogP) is 2.53. The number of rotatable bonds is 5. The Morgan fingerprint density at radius 3 is 2.95 bits per heavy atom. The van der Waals surface area contributed by atoms with Crippen molar-refractivity contribution in [2.75, 3.05) is 20.1 Å². The molecule has 1 saturated heterocycles. The lowest BCUT2D eigenvalue weighted by Crippen LogP contribution is -2.34. The van der Waals surface area contributed by atoms with Crippen LogP contribution in [0.3, 0.4) is 0 Å². The first-order valence-electron chi connectivity index (χ1n) is 7.23. The quantitative estimate of drug-likeness (QED) is 0.907. The summed E-state index contributed by atoms with van der Waals surface area (Å²) >= 11 is 0. The van der Waals surface area contributed by atoms with Crippen LogP contribution in [-0.2, 0) is 6.54 Å². The number of likely N-dealkylation sites (N-methyl/N-ethyl adjacent to an activating group) is 1. The highest BCUT2D eigenvalue weighted by Crippen LogP contribution is 2.20. The molecule has 0 spiro atoms. The minimum absolute atomic E-state index is 0.614. The minimum Gasteiger partial charge on any atom is -0.439 e. The lowest BCUT2D eigenvalue weighted by Gasteiger charge is -2.19. The van der Waals surface area contributed by atoms with Gasteiger partial charge in [-0.15, -0.1) is 0 Å². The summed E-state index contributed by atoms with van der Waals surface area (Å²) < 4.78 is 5.83. The maximum Gasteiger partial charge on any atom is 0.209 e. The normalized spacial score (nSPS) is 18.8. The summed E-state index contributed by atoms with van der Waals surface area (Å²) in [5.41, 5.74) is 1.08. The molecule has 1 fully saturated rings. The van der Waals surface area contributed by atoms with Crippen LogP contribution >= 0.6 is 0 Å². The van der Waals surface area contributed by atoms with Gasteiger partial charge in [0.1, 0.15) is 0 Å². The highest BCUT2D eigenvalue weighted by atomic mass is 16.4. The second kappa shape index (κ2) is 6.20. The van der Waals surface area contributed by atoms with E-state index < -0.39 is 0 Å². The van der Waals surface area contributed by atoms with Crippen LogP contribution in [0.4, 0.5) is 0 Å². The fourth-order valence-electron chi connectivity index (χ4n) is 2.70. The minimum atomic E-state index is 0.614. The maximum atomic E-state index is 5.83. The number of nitrogens with zero attached hydrogens (tertiary/aromatic N) is 2. The number of hydrogen-bond acceptors (Lipinski definition) is 4. The van der Waals surface area contributed by atoms with E-state index in [2.05, 4.69) is 22.2 Å². The molecule has 20 heavy (non-hydrogen) atoms. The van der Waals surface area contributed by atoms with Crippen LogP contribution in [0.25, 0.3) is 11.3 Å². The fraction of sp³-hybridized carbons (Fsp3) is 0.438. The van der Waals surface area contributed by atoms with Crippen LogP contribution in [0.5, 0.6) is 0 Å². The van der Waals surface area contributed by atoms with Crippen molar-refractivity contribution in [3.8, 4) is 11.3 Å². The van der Waals surface area contributed by atoms with Gasteiger partial charge in [-0.2, -0.15) is 0 Å². The molecule has 1 N–H and O–H groups in total. The van der Waals surface area contributed by atoms with Crippen molar-refractivity contribution >= 4 is 0 Å². The molecule has 3 rings (SSSR count). The second-order valence-electron chi connectivity index (χ2n) is 5.47. The molecule has 1 aliphatic heterocycles. The van der Waals surface area contributed by atoms with Crippen LogP contribution in [0.2, 0.25) is 0 Å². The van der Waals surface area contributed by atoms with Crippen LogP contribution in [0.1, 0.15) is 18.7 Å². The molecule has 4 heteroatoms. The Bertz CT molecular complexity index is 532. The van der Waals surface area contributed by atoms with E-state index in [0.29, 0.717) is 6.04 Å². The van der Waals surface area contributed by atoms with Crippen molar-refractivity contribution < 1.29 is 4.42 Å². The molecule has 1 aliphatic rings. The Morgan fingerprint density at radius 1 is 1.35 bits per heavy atom. The third-order valence-corrected chi connectivity index (χ3v) is 3.71. The molecule has 1 aromatic carbocycles. The van der Waals surface area contributed by atoms with Gasteiger partial charge < -0.3 is 9.73 Å². The van der Waals surface area contributed by atoms with E-state index in [4.69, 9.17) is 4.42 Å². The number of nitrogens with one attached hydrogen (secondary N) is 1. The molecule has 2 aromatic rings. The summed E-state index contributed by atoms with van der Waals surface area (Å²) in [6.07, 6.45) is 4.37. The van der Waals surface area contributed by atoms with Crippen LogP contribution in [0.15, 0.2) is 40.9 Å². The van der Waals surface area contributed by atoms with Gasteiger partial charge in [0.05, 0.1) is 12.7 Å². The van der Waals surface area contributed by atoms with Gasteiger partial charge in [0.2, 0.25) is 5.89 Å². The summed E-state index contributed by atoms with van der Waals surface area (Å²) in [7, 11) is 2.12. The zero-order valence-electron chi connectivity index (χ0n) is 11.9. The van der Waals surface area contributed by atoms with Crippen molar-refractivity contribution in [2.24, 2.45) is 0 Å². The third kappa shape index (κ3) is 3.26. The van der Waals surface area contributed by atoms with Gasteiger partial charge in [-0.05, 0) is 26.4 Å². The van der Waals surface area contributed by atoms with Crippen molar-refractivity contribution in [2.45, 2.75) is 25.4 Å². The highest BCUT2D eigenvalue weighted by molar-refractivity contribution is 5.55. The lowest BCUT2D eigenvalue weighted by atomic mass is 10.2. The van der Waals surface area contributed by atoms with Crippen molar-refractivity contribution in [3.05, 3.63) is 42.4 Å². The molecule has 0 bridgehead atoms. The highest BCUT2D eigenvalue weighted by Gasteiger charge is 2.17. The van der Waals surface area contributed by atoms with Crippen LogP contribution in [-0.4, -0.2) is 36.1 Å². The number of oxazole rings is 1. The van der Waals surface area contributed by atoms with Gasteiger partial charge in [-0.1, -0.05) is 30.3 Å². The molecule has 0 aliphatic carbocycles. The fourth-order valence-corrected chi connectivity index (χ4v) is 2.70. The summed E-state index contributed by atoms with van der Waals surface area (Å²) in [5, 5.41) is 3.51. The zero-order chi connectivity index (χ0) is 13.8. The molecule has 1 aromatic heterocycles. The third-order valence-electron chi connectivity index (χ3n) is 3.71. The summed E-state index contributed by atoms with van der Waals surface area (Å²) in [5.74, 6) is 1.62. The Balaban J connectivity index is 1.59. The average Bonchev–Trinajstić information content (AvgIpc) is 3.11. The molecule has 0 amide bonds. The first-order chi connectivity index (χ1) is 9.81. The largest absolute Gasteiger partial charge is 0.439 e. The van der Waals surface area contributed by atoms with Gasteiger partial charge in [0.25, 0.3) is 0 Å². The Kier molecular flexibility index (Phi) is 4.14. The van der Waals surface area contributed by atoms with Crippen LogP contribution < -0.4 is 5.32 Å². The van der Waals surface area contributed by atoms with E-state index in [1.165, 1.54) is 12.8 Å². The van der Waals surface area contributed by atoms with Crippen molar-refractivity contribution in [1.82, 2.24) is 15.2 Å². The number of benzene rings is 1. The van der Waals surface area contributed by atoms with Gasteiger partial charge in [0, 0.05) is 18.2 Å². The van der Waals surface area contributed by atoms with Gasteiger partial charge >= 0.3 is 0 Å². The predicted molar refractivity (Wildman–Crippen MR) is 79.3 cm³/mol. The first-order valence-corrected chi connectivity index (χ1v) is 7.23. The second-order valence-corrected chi connectivity index (χ2v) is 5.47. The van der Waals surface area contributed by atoms with Gasteiger partial charge in [-0.3, -0.25) is 4.90 Å². The van der Waals surface area contributed by atoms with E-state index >= 15 is 0 Å². The summed E-state index contributed by atoms with van der Waals surface area (Å²) in [6, 6.07) is 10.7. The zero-order valence-corrected chi connectivity index (χ0v) is 11.9. The molecule has 1 unspecified atom stereocenters. The molecular formula is C16H21N3O. The van der Waals surface area contributed by atoms with Gasteiger partial charge in [0.15, 0.2) is 5.76 Å². The molecular weight excluding hydrogens is 250 g/mol. The summed E-state index contributed by atoms with van der Waals surface area (Å²) in [4.78, 5) is 6.65. The average molecular weight is 271 g/mol. The van der Waals surface area contributed by atoms with Gasteiger partial charge in [-0.25, -0.2) is 4.98 Å². The number of hydrogen-bond donors (Lipinski definition) is 1. The van der Waals surface area contributed by atoms with Crippen molar-refractivity contribution in [1.29, 1.82) is 0 Å². The van der Waals surface area contributed by atoms with E-state index in [1.807, 2.05) is 36.5 Å². The number of aromatic nitrogens is 1. The van der Waals surface area contributed by atoms with E-state index in [1.54, 1.807) is 0 Å². The van der Waals surface area contributed by atoms with Crippen LogP contribution in [0, 0.1) is 0 Å². The molecule has 4 nitrogen and oxygen atoms in total. The van der Waals surface area contributed by atoms with E-state index in [0.717, 1.165) is 36.8 Å². The topological polar surface area (TPSA) is 41.3 Å². The Morgan fingerprint density at radius 2 is 2.20 bits per heavy atom. The van der Waals surface area contributed by atoms with E-state index in [-0.39, 0.29) is 0 Å². The molecule has 1 atom stereocenters. The lowest BCUT2D eigenvalue weighted by molar-refractivity contribution is 0.265. The smallest absolute Gasteiger partial charge is 0.209 e. The monoisotopic (exact) mass is 271 g/mol. The SMILES string of the molecule is CN(Cc1ncc(-c2ccccc2)o1)CC1CCCN1. The molecule has 0 saturated carbocycles. The summed E-state index contributed by atoms with van der Waals surface area (Å²) in [6.45, 7) is 2.95. The van der Waals surface area contributed by atoms with Crippen molar-refractivity contribution in [3.63, 3.8) is 0 Å². The molecule has 106 valence electrons. The first kappa shape index (κ1) is 13.3. The Hall–Kier alpha value is -1.65. The Labute approximate surface area is 119 Å². The molecule has 0 radical (unpaired) electrons. The molecule has 2 heterocycles.